The molecule has 1 atom stereocenters. The van der Waals surface area contributed by atoms with E-state index in [9.17, 15) is 0 Å². The number of rotatable bonds is 6. The fraction of sp³-hybridized carbons (Fsp3) is 0.615. The van der Waals surface area contributed by atoms with E-state index in [1.165, 1.54) is 24.8 Å². The van der Waals surface area contributed by atoms with Crippen LogP contribution in [0.4, 0.5) is 0 Å². The van der Waals surface area contributed by atoms with E-state index in [1.807, 2.05) is 25.5 Å². The molecule has 1 aromatic heterocycles. The molecule has 15 heavy (non-hydrogen) atoms. The van der Waals surface area contributed by atoms with E-state index in [2.05, 4.69) is 30.2 Å². The lowest BCUT2D eigenvalue weighted by atomic mass is 9.99. The van der Waals surface area contributed by atoms with Gasteiger partial charge < -0.3 is 5.32 Å². The first kappa shape index (κ1) is 12.2. The van der Waals surface area contributed by atoms with Crippen LogP contribution < -0.4 is 5.32 Å². The molecule has 0 saturated carbocycles. The second-order valence-corrected chi connectivity index (χ2v) is 4.45. The van der Waals surface area contributed by atoms with Gasteiger partial charge in [-0.1, -0.05) is 32.8 Å². The smallest absolute Gasteiger partial charge is 0.0332 e. The molecule has 1 N–H and O–H groups in total. The maximum Gasteiger partial charge on any atom is 0.0332 e. The third-order valence-electron chi connectivity index (χ3n) is 2.71. The van der Waals surface area contributed by atoms with Crippen LogP contribution in [0.15, 0.2) is 24.5 Å². The van der Waals surface area contributed by atoms with E-state index < -0.39 is 0 Å². The van der Waals surface area contributed by atoms with Gasteiger partial charge in [-0.15, -0.1) is 0 Å². The van der Waals surface area contributed by atoms with Crippen molar-refractivity contribution < 1.29 is 0 Å². The van der Waals surface area contributed by atoms with Crippen LogP contribution in [0.1, 0.15) is 44.7 Å². The summed E-state index contributed by atoms with van der Waals surface area (Å²) in [5.74, 6) is 0.802. The van der Waals surface area contributed by atoms with Crippen LogP contribution in [0.25, 0.3) is 0 Å². The van der Waals surface area contributed by atoms with Gasteiger partial charge >= 0.3 is 0 Å². The maximum atomic E-state index is 4.16. The van der Waals surface area contributed by atoms with Gasteiger partial charge in [0.25, 0.3) is 0 Å². The molecule has 0 spiro atoms. The lowest BCUT2D eigenvalue weighted by Crippen LogP contribution is -2.16. The Kier molecular flexibility index (Phi) is 5.33. The highest BCUT2D eigenvalue weighted by Crippen LogP contribution is 2.19. The lowest BCUT2D eigenvalue weighted by Gasteiger charge is -2.16. The van der Waals surface area contributed by atoms with Gasteiger partial charge in [0.05, 0.1) is 0 Å². The van der Waals surface area contributed by atoms with Crippen molar-refractivity contribution in [2.24, 2.45) is 5.92 Å². The van der Waals surface area contributed by atoms with Crippen LogP contribution in [0.5, 0.6) is 0 Å². The molecule has 0 aliphatic heterocycles. The first-order valence-corrected chi connectivity index (χ1v) is 5.81. The largest absolute Gasteiger partial charge is 0.313 e. The standard InChI is InChI=1S/C13H22N2/c1-11(2)6-4-8-13(14-3)12-7-5-9-15-10-12/h5,7,9-11,13-14H,4,6,8H2,1-3H3. The molecule has 84 valence electrons. The minimum Gasteiger partial charge on any atom is -0.313 e. The zero-order valence-electron chi connectivity index (χ0n) is 10.0. The molecule has 0 amide bonds. The topological polar surface area (TPSA) is 24.9 Å². The second-order valence-electron chi connectivity index (χ2n) is 4.45. The number of aromatic nitrogens is 1. The predicted octanol–water partition coefficient (Wildman–Crippen LogP) is 3.17. The highest BCUT2D eigenvalue weighted by atomic mass is 14.9. The van der Waals surface area contributed by atoms with Gasteiger partial charge in [0.2, 0.25) is 0 Å². The lowest BCUT2D eigenvalue weighted by molar-refractivity contribution is 0.470. The summed E-state index contributed by atoms with van der Waals surface area (Å²) >= 11 is 0. The van der Waals surface area contributed by atoms with Crippen LogP contribution in [0, 0.1) is 5.92 Å². The van der Waals surface area contributed by atoms with E-state index in [1.54, 1.807) is 0 Å². The predicted molar refractivity (Wildman–Crippen MR) is 64.7 cm³/mol. The number of pyridine rings is 1. The Labute approximate surface area is 93.1 Å². The van der Waals surface area contributed by atoms with Crippen LogP contribution in [0.2, 0.25) is 0 Å². The summed E-state index contributed by atoms with van der Waals surface area (Å²) in [6.07, 6.45) is 7.55. The number of nitrogens with zero attached hydrogens (tertiary/aromatic N) is 1. The van der Waals surface area contributed by atoms with Crippen molar-refractivity contribution in [2.45, 2.75) is 39.2 Å². The Morgan fingerprint density at radius 1 is 1.33 bits per heavy atom. The third-order valence-corrected chi connectivity index (χ3v) is 2.71. The van der Waals surface area contributed by atoms with Gasteiger partial charge in [0.1, 0.15) is 0 Å². The fourth-order valence-corrected chi connectivity index (χ4v) is 1.79. The number of hydrogen-bond donors (Lipinski definition) is 1. The molecule has 1 aromatic rings. The van der Waals surface area contributed by atoms with Crippen molar-refractivity contribution in [3.8, 4) is 0 Å². The Bertz CT molecular complexity index is 256. The van der Waals surface area contributed by atoms with Gasteiger partial charge in [-0.3, -0.25) is 4.98 Å². The van der Waals surface area contributed by atoms with Gasteiger partial charge in [0, 0.05) is 18.4 Å². The van der Waals surface area contributed by atoms with E-state index in [-0.39, 0.29) is 0 Å². The van der Waals surface area contributed by atoms with Crippen molar-refractivity contribution in [1.29, 1.82) is 0 Å². The highest BCUT2D eigenvalue weighted by molar-refractivity contribution is 5.13. The number of hydrogen-bond acceptors (Lipinski definition) is 2. The molecule has 2 nitrogen and oxygen atoms in total. The van der Waals surface area contributed by atoms with Crippen LogP contribution >= 0.6 is 0 Å². The summed E-state index contributed by atoms with van der Waals surface area (Å²) in [5.41, 5.74) is 1.30. The van der Waals surface area contributed by atoms with Gasteiger partial charge in [-0.2, -0.15) is 0 Å². The first-order valence-electron chi connectivity index (χ1n) is 5.81. The Balaban J connectivity index is 2.43. The molecule has 2 heteroatoms. The molecule has 0 aliphatic rings. The molecule has 1 rings (SSSR count). The van der Waals surface area contributed by atoms with Crippen LogP contribution in [-0.2, 0) is 0 Å². The van der Waals surface area contributed by atoms with Gasteiger partial charge in [-0.25, -0.2) is 0 Å². The van der Waals surface area contributed by atoms with Crippen molar-refractivity contribution in [1.82, 2.24) is 10.3 Å². The van der Waals surface area contributed by atoms with Crippen LogP contribution in [-0.4, -0.2) is 12.0 Å². The molecule has 0 aliphatic carbocycles. The third kappa shape index (κ3) is 4.43. The Morgan fingerprint density at radius 2 is 2.13 bits per heavy atom. The van der Waals surface area contributed by atoms with Gasteiger partial charge in [-0.05, 0) is 31.0 Å². The number of nitrogens with one attached hydrogen (secondary N) is 1. The van der Waals surface area contributed by atoms with Crippen molar-refractivity contribution in [3.63, 3.8) is 0 Å². The SMILES string of the molecule is CNC(CCCC(C)C)c1cccnc1. The quantitative estimate of drug-likeness (QED) is 0.773. The molecule has 1 unspecified atom stereocenters. The zero-order chi connectivity index (χ0) is 11.1. The molecular weight excluding hydrogens is 184 g/mol. The summed E-state index contributed by atoms with van der Waals surface area (Å²) < 4.78 is 0. The second kappa shape index (κ2) is 6.57. The summed E-state index contributed by atoms with van der Waals surface area (Å²) in [5, 5.41) is 3.35. The molecular formula is C13H22N2. The summed E-state index contributed by atoms with van der Waals surface area (Å²) in [7, 11) is 2.02. The summed E-state index contributed by atoms with van der Waals surface area (Å²) in [4.78, 5) is 4.16. The van der Waals surface area contributed by atoms with Crippen LogP contribution in [0.3, 0.4) is 0 Å². The molecule has 0 fully saturated rings. The maximum absolute atomic E-state index is 4.16. The average molecular weight is 206 g/mol. The molecule has 1 heterocycles. The Hall–Kier alpha value is -0.890. The highest BCUT2D eigenvalue weighted by Gasteiger charge is 2.08. The normalized spacial score (nSPS) is 13.1. The molecule has 0 bridgehead atoms. The molecule has 0 saturated heterocycles. The van der Waals surface area contributed by atoms with E-state index >= 15 is 0 Å². The van der Waals surface area contributed by atoms with Crippen molar-refractivity contribution in [2.75, 3.05) is 7.05 Å². The minimum atomic E-state index is 0.456. The molecule has 0 aromatic carbocycles. The molecule has 0 radical (unpaired) electrons. The fourth-order valence-electron chi connectivity index (χ4n) is 1.79. The van der Waals surface area contributed by atoms with E-state index in [0.29, 0.717) is 6.04 Å². The Morgan fingerprint density at radius 3 is 2.67 bits per heavy atom. The minimum absolute atomic E-state index is 0.456. The average Bonchev–Trinajstić information content (AvgIpc) is 2.25. The first-order chi connectivity index (χ1) is 7.24. The van der Waals surface area contributed by atoms with Gasteiger partial charge in [0.15, 0.2) is 0 Å². The monoisotopic (exact) mass is 206 g/mol. The zero-order valence-corrected chi connectivity index (χ0v) is 10.0. The van der Waals surface area contributed by atoms with E-state index in [0.717, 1.165) is 5.92 Å². The summed E-state index contributed by atoms with van der Waals surface area (Å²) in [6, 6.07) is 4.60. The van der Waals surface area contributed by atoms with Crippen molar-refractivity contribution in [3.05, 3.63) is 30.1 Å². The van der Waals surface area contributed by atoms with E-state index in [4.69, 9.17) is 0 Å². The summed E-state index contributed by atoms with van der Waals surface area (Å²) in [6.45, 7) is 4.55. The van der Waals surface area contributed by atoms with Crippen molar-refractivity contribution >= 4 is 0 Å².